The topological polar surface area (TPSA) is 61.1 Å². The van der Waals surface area contributed by atoms with Gasteiger partial charge >= 0.3 is 0 Å². The van der Waals surface area contributed by atoms with Gasteiger partial charge in [-0.25, -0.2) is 0 Å². The lowest BCUT2D eigenvalue weighted by atomic mass is 10.0. The fourth-order valence-electron chi connectivity index (χ4n) is 3.82. The molecule has 3 aromatic heterocycles. The first-order chi connectivity index (χ1) is 12.2. The number of aryl methyl sites for hydroxylation is 3. The lowest BCUT2D eigenvalue weighted by Crippen LogP contribution is -2.09. The van der Waals surface area contributed by atoms with Gasteiger partial charge in [0.15, 0.2) is 0 Å². The highest BCUT2D eigenvalue weighted by atomic mass is 32.1. The molecule has 0 atom stereocenters. The lowest BCUT2D eigenvalue weighted by molar-refractivity contribution is 0.916. The molecule has 4 nitrogen and oxygen atoms in total. The zero-order valence-corrected chi connectivity index (χ0v) is 14.5. The van der Waals surface area contributed by atoms with Crippen molar-refractivity contribution in [2.75, 3.05) is 0 Å². The van der Waals surface area contributed by atoms with Crippen LogP contribution in [-0.4, -0.2) is 9.38 Å². The van der Waals surface area contributed by atoms with E-state index < -0.39 is 0 Å². The van der Waals surface area contributed by atoms with Crippen molar-refractivity contribution in [2.45, 2.75) is 26.2 Å². The van der Waals surface area contributed by atoms with Crippen LogP contribution in [0.15, 0.2) is 35.3 Å². The van der Waals surface area contributed by atoms with Gasteiger partial charge in [-0.05, 0) is 37.3 Å². The van der Waals surface area contributed by atoms with Crippen molar-refractivity contribution in [2.24, 2.45) is 0 Å². The summed E-state index contributed by atoms with van der Waals surface area (Å²) in [5, 5.41) is 10.5. The number of rotatable bonds is 1. The van der Waals surface area contributed by atoms with Gasteiger partial charge in [-0.2, -0.15) is 5.26 Å². The number of nitriles is 1. The summed E-state index contributed by atoms with van der Waals surface area (Å²) >= 11 is 1.69. The summed E-state index contributed by atoms with van der Waals surface area (Å²) in [4.78, 5) is 17.9. The van der Waals surface area contributed by atoms with E-state index in [9.17, 15) is 10.1 Å². The van der Waals surface area contributed by atoms with Crippen molar-refractivity contribution in [1.82, 2.24) is 9.38 Å². The molecule has 5 heteroatoms. The molecule has 3 heterocycles. The highest BCUT2D eigenvalue weighted by Crippen LogP contribution is 2.37. The predicted molar refractivity (Wildman–Crippen MR) is 100 cm³/mol. The Labute approximate surface area is 148 Å². The fourth-order valence-corrected chi connectivity index (χ4v) is 5.19. The third kappa shape index (κ3) is 1.95. The summed E-state index contributed by atoms with van der Waals surface area (Å²) in [5.41, 5.74) is 5.27. The molecule has 1 N–H and O–H groups in total. The first-order valence-corrected chi connectivity index (χ1v) is 9.18. The fraction of sp³-hybridized carbons (Fsp3) is 0.200. The third-order valence-electron chi connectivity index (χ3n) is 5.06. The molecule has 0 saturated carbocycles. The molecule has 1 aliphatic carbocycles. The van der Waals surface area contributed by atoms with Crippen LogP contribution in [-0.2, 0) is 12.8 Å². The van der Waals surface area contributed by atoms with Gasteiger partial charge in [0.1, 0.15) is 22.1 Å². The van der Waals surface area contributed by atoms with Crippen LogP contribution in [0, 0.1) is 18.3 Å². The molecule has 4 aromatic rings. The van der Waals surface area contributed by atoms with Crippen LogP contribution in [0.2, 0.25) is 0 Å². The normalized spacial score (nSPS) is 13.4. The molecule has 0 fully saturated rings. The summed E-state index contributed by atoms with van der Waals surface area (Å²) in [7, 11) is 0. The van der Waals surface area contributed by atoms with E-state index in [1.54, 1.807) is 11.3 Å². The molecule has 0 bridgehead atoms. The quantitative estimate of drug-likeness (QED) is 0.562. The lowest BCUT2D eigenvalue weighted by Gasteiger charge is -1.99. The first kappa shape index (κ1) is 14.5. The van der Waals surface area contributed by atoms with Crippen molar-refractivity contribution in [3.63, 3.8) is 0 Å². The van der Waals surface area contributed by atoms with Gasteiger partial charge in [0.05, 0.1) is 5.39 Å². The van der Waals surface area contributed by atoms with Gasteiger partial charge in [-0.3, -0.25) is 9.20 Å². The van der Waals surface area contributed by atoms with Crippen molar-refractivity contribution in [3.05, 3.63) is 62.4 Å². The minimum Gasteiger partial charge on any atom is -0.306 e. The van der Waals surface area contributed by atoms with Gasteiger partial charge in [0.2, 0.25) is 0 Å². The summed E-state index contributed by atoms with van der Waals surface area (Å²) in [5.74, 6) is 0. The monoisotopic (exact) mass is 345 g/mol. The Kier molecular flexibility index (Phi) is 2.94. The summed E-state index contributed by atoms with van der Waals surface area (Å²) < 4.78 is 1.99. The Morgan fingerprint density at radius 1 is 1.24 bits per heavy atom. The molecule has 0 radical (unpaired) electrons. The molecule has 25 heavy (non-hydrogen) atoms. The zero-order chi connectivity index (χ0) is 17.1. The molecule has 1 aromatic carbocycles. The largest absolute Gasteiger partial charge is 0.306 e. The maximum atomic E-state index is 12.7. The Balaban J connectivity index is 1.90. The minimum absolute atomic E-state index is 0.0769. The van der Waals surface area contributed by atoms with Crippen molar-refractivity contribution < 1.29 is 0 Å². The highest BCUT2D eigenvalue weighted by molar-refractivity contribution is 7.19. The number of thiophene rings is 1. The standard InChI is InChI=1S/C20H15N3OS/c1-11-5-7-12(8-6-11)15-10-23-18(14(15)9-21)22-19(24)17-13-3-2-4-16(13)25-20(17)23/h5-8,10H,2-4H2,1H3,(H,22,24). The Hall–Kier alpha value is -2.84. The van der Waals surface area contributed by atoms with Crippen molar-refractivity contribution >= 4 is 27.2 Å². The number of nitrogens with zero attached hydrogens (tertiary/aromatic N) is 2. The number of benzene rings is 1. The molecule has 0 amide bonds. The van der Waals surface area contributed by atoms with Crippen LogP contribution in [0.1, 0.15) is 28.0 Å². The molecular weight excluding hydrogens is 330 g/mol. The van der Waals surface area contributed by atoms with Crippen LogP contribution in [0.3, 0.4) is 0 Å². The molecule has 0 aliphatic heterocycles. The van der Waals surface area contributed by atoms with E-state index in [0.29, 0.717) is 11.2 Å². The van der Waals surface area contributed by atoms with Gasteiger partial charge in [-0.15, -0.1) is 11.3 Å². The number of fused-ring (bicyclic) bond motifs is 5. The molecule has 1 aliphatic rings. The predicted octanol–water partition coefficient (Wildman–Crippen LogP) is 4.18. The first-order valence-electron chi connectivity index (χ1n) is 8.36. The second kappa shape index (κ2) is 5.08. The van der Waals surface area contributed by atoms with E-state index in [-0.39, 0.29) is 5.56 Å². The van der Waals surface area contributed by atoms with Gasteiger partial charge in [0.25, 0.3) is 5.56 Å². The van der Waals surface area contributed by atoms with Crippen LogP contribution in [0.4, 0.5) is 0 Å². The number of hydrogen-bond acceptors (Lipinski definition) is 3. The van der Waals surface area contributed by atoms with Gasteiger partial charge in [0, 0.05) is 16.6 Å². The van der Waals surface area contributed by atoms with E-state index in [0.717, 1.165) is 40.6 Å². The second-order valence-corrected chi connectivity index (χ2v) is 7.69. The minimum atomic E-state index is -0.0769. The average Bonchev–Trinajstić information content (AvgIpc) is 3.27. The summed E-state index contributed by atoms with van der Waals surface area (Å²) in [6, 6.07) is 10.4. The molecular formula is C20H15N3OS. The van der Waals surface area contributed by atoms with E-state index in [4.69, 9.17) is 0 Å². The molecule has 0 saturated heterocycles. The zero-order valence-electron chi connectivity index (χ0n) is 13.7. The van der Waals surface area contributed by atoms with Crippen molar-refractivity contribution in [3.8, 4) is 17.2 Å². The summed E-state index contributed by atoms with van der Waals surface area (Å²) in [6.45, 7) is 2.04. The smallest absolute Gasteiger partial charge is 0.260 e. The SMILES string of the molecule is Cc1ccc(-c2cn3c([nH]c(=O)c4c5c(sc43)CCC5)c2C#N)cc1. The number of H-pyrrole nitrogens is 1. The van der Waals surface area contributed by atoms with Gasteiger partial charge < -0.3 is 4.98 Å². The number of aromatic amines is 1. The molecule has 0 spiro atoms. The molecule has 5 rings (SSSR count). The van der Waals surface area contributed by atoms with Crippen LogP contribution in [0.25, 0.3) is 27.0 Å². The van der Waals surface area contributed by atoms with Crippen LogP contribution in [0.5, 0.6) is 0 Å². The van der Waals surface area contributed by atoms with Crippen molar-refractivity contribution in [1.29, 1.82) is 5.26 Å². The van der Waals surface area contributed by atoms with E-state index >= 15 is 0 Å². The maximum Gasteiger partial charge on any atom is 0.260 e. The number of aromatic nitrogens is 2. The van der Waals surface area contributed by atoms with Crippen LogP contribution < -0.4 is 5.56 Å². The maximum absolute atomic E-state index is 12.7. The van der Waals surface area contributed by atoms with Gasteiger partial charge in [-0.1, -0.05) is 29.8 Å². The summed E-state index contributed by atoms with van der Waals surface area (Å²) in [6.07, 6.45) is 5.13. The molecule has 0 unspecified atom stereocenters. The van der Waals surface area contributed by atoms with Crippen LogP contribution >= 0.6 is 11.3 Å². The average molecular weight is 345 g/mol. The Morgan fingerprint density at radius 3 is 2.80 bits per heavy atom. The Bertz CT molecular complexity index is 1250. The third-order valence-corrected chi connectivity index (χ3v) is 6.35. The van der Waals surface area contributed by atoms with E-state index in [2.05, 4.69) is 11.1 Å². The number of nitrogens with one attached hydrogen (secondary N) is 1. The van der Waals surface area contributed by atoms with E-state index in [1.165, 1.54) is 16.0 Å². The molecule has 122 valence electrons. The second-order valence-electron chi connectivity index (χ2n) is 6.61. The Morgan fingerprint density at radius 2 is 2.04 bits per heavy atom. The van der Waals surface area contributed by atoms with E-state index in [1.807, 2.05) is 41.8 Å². The number of hydrogen-bond donors (Lipinski definition) is 1. The highest BCUT2D eigenvalue weighted by Gasteiger charge is 2.23.